The van der Waals surface area contributed by atoms with E-state index < -0.39 is 11.7 Å². The molecule has 0 aromatic heterocycles. The molecule has 2 nitrogen and oxygen atoms in total. The topological polar surface area (TPSA) is 24.1 Å². The Morgan fingerprint density at radius 1 is 1.16 bits per heavy atom. The predicted octanol–water partition coefficient (Wildman–Crippen LogP) is 5.72. The summed E-state index contributed by atoms with van der Waals surface area (Å²) in [6.07, 6.45) is -1.52. The van der Waals surface area contributed by atoms with Crippen LogP contribution in [0.5, 0.6) is 0 Å². The second kappa shape index (κ2) is 7.22. The van der Waals surface area contributed by atoms with Gasteiger partial charge < -0.3 is 10.6 Å². The lowest BCUT2D eigenvalue weighted by Gasteiger charge is -2.27. The molecule has 0 heterocycles. The van der Waals surface area contributed by atoms with Crippen LogP contribution in [0.1, 0.15) is 35.6 Å². The van der Waals surface area contributed by atoms with E-state index in [0.717, 1.165) is 25.3 Å². The number of hydrogen-bond donors (Lipinski definition) is 2. The highest BCUT2D eigenvalue weighted by Gasteiger charge is 2.33. The first-order valence-corrected chi connectivity index (χ1v) is 8.65. The lowest BCUT2D eigenvalue weighted by atomic mass is 9.88. The lowest BCUT2D eigenvalue weighted by molar-refractivity contribution is -0.137. The molecule has 7 heteroatoms. The van der Waals surface area contributed by atoms with Crippen LogP contribution in [0.15, 0.2) is 42.5 Å². The molecule has 2 aromatic carbocycles. The van der Waals surface area contributed by atoms with Crippen molar-refractivity contribution in [1.29, 1.82) is 0 Å². The largest absolute Gasteiger partial charge is 0.417 e. The van der Waals surface area contributed by atoms with Crippen LogP contribution in [-0.2, 0) is 12.6 Å². The van der Waals surface area contributed by atoms with Gasteiger partial charge >= 0.3 is 6.18 Å². The number of thiocarbonyl (C=S) groups is 1. The minimum Gasteiger partial charge on any atom is -0.356 e. The molecule has 25 heavy (non-hydrogen) atoms. The molecule has 0 unspecified atom stereocenters. The van der Waals surface area contributed by atoms with Crippen LogP contribution in [0, 0.1) is 0 Å². The second-order valence-electron chi connectivity index (χ2n) is 5.93. The van der Waals surface area contributed by atoms with Crippen molar-refractivity contribution in [2.45, 2.75) is 31.5 Å². The summed E-state index contributed by atoms with van der Waals surface area (Å²) in [6.45, 7) is 0. The fourth-order valence-electron chi connectivity index (χ4n) is 3.05. The minimum absolute atomic E-state index is 0.0549. The molecule has 0 bridgehead atoms. The van der Waals surface area contributed by atoms with Gasteiger partial charge in [-0.1, -0.05) is 35.9 Å². The van der Waals surface area contributed by atoms with Gasteiger partial charge in [0.1, 0.15) is 0 Å². The highest BCUT2D eigenvalue weighted by atomic mass is 35.5. The minimum atomic E-state index is -4.51. The third-order valence-electron chi connectivity index (χ3n) is 4.20. The number of hydrogen-bond acceptors (Lipinski definition) is 1. The van der Waals surface area contributed by atoms with Crippen molar-refractivity contribution in [2.24, 2.45) is 0 Å². The smallest absolute Gasteiger partial charge is 0.356 e. The molecular formula is C18H16ClF3N2S. The Hall–Kier alpha value is -1.79. The van der Waals surface area contributed by atoms with E-state index in [1.807, 2.05) is 12.1 Å². The maximum atomic E-state index is 12.9. The molecular weight excluding hydrogens is 369 g/mol. The van der Waals surface area contributed by atoms with Crippen LogP contribution in [0.4, 0.5) is 18.9 Å². The molecule has 0 saturated heterocycles. The number of alkyl halides is 3. The number of halogens is 4. The molecule has 0 spiro atoms. The van der Waals surface area contributed by atoms with E-state index in [4.69, 9.17) is 23.8 Å². The van der Waals surface area contributed by atoms with Gasteiger partial charge in [-0.25, -0.2) is 0 Å². The third-order valence-corrected chi connectivity index (χ3v) is 4.75. The van der Waals surface area contributed by atoms with E-state index in [1.54, 1.807) is 0 Å². The summed E-state index contributed by atoms with van der Waals surface area (Å²) in [5.74, 6) is 0. The van der Waals surface area contributed by atoms with Gasteiger partial charge in [-0.05, 0) is 60.8 Å². The molecule has 2 N–H and O–H groups in total. The van der Waals surface area contributed by atoms with E-state index in [0.29, 0.717) is 0 Å². The second-order valence-corrected chi connectivity index (χ2v) is 6.75. The van der Waals surface area contributed by atoms with Crippen molar-refractivity contribution in [2.75, 3.05) is 5.32 Å². The Bertz CT molecular complexity index is 792. The van der Waals surface area contributed by atoms with Gasteiger partial charge in [0.05, 0.1) is 16.6 Å². The fourth-order valence-corrected chi connectivity index (χ4v) is 3.53. The zero-order chi connectivity index (χ0) is 18.0. The Balaban J connectivity index is 1.72. The maximum absolute atomic E-state index is 12.9. The quantitative estimate of drug-likeness (QED) is 0.647. The van der Waals surface area contributed by atoms with Crippen molar-refractivity contribution < 1.29 is 13.2 Å². The monoisotopic (exact) mass is 384 g/mol. The summed E-state index contributed by atoms with van der Waals surface area (Å²) in [4.78, 5) is 0. The molecule has 132 valence electrons. The normalized spacial score (nSPS) is 16.9. The summed E-state index contributed by atoms with van der Waals surface area (Å²) in [6, 6.07) is 11.8. The first kappa shape index (κ1) is 18.0. The molecule has 0 amide bonds. The molecule has 0 saturated carbocycles. The van der Waals surface area contributed by atoms with Gasteiger partial charge in [0.2, 0.25) is 0 Å². The predicted molar refractivity (Wildman–Crippen MR) is 97.9 cm³/mol. The Morgan fingerprint density at radius 3 is 2.68 bits per heavy atom. The van der Waals surface area contributed by atoms with E-state index in [-0.39, 0.29) is 21.9 Å². The third kappa shape index (κ3) is 4.25. The van der Waals surface area contributed by atoms with Crippen molar-refractivity contribution in [1.82, 2.24) is 5.32 Å². The van der Waals surface area contributed by atoms with Crippen LogP contribution in [0.25, 0.3) is 0 Å². The van der Waals surface area contributed by atoms with Gasteiger partial charge in [-0.2, -0.15) is 13.2 Å². The first-order chi connectivity index (χ1) is 11.8. The van der Waals surface area contributed by atoms with E-state index in [2.05, 4.69) is 22.8 Å². The van der Waals surface area contributed by atoms with Crippen LogP contribution >= 0.6 is 23.8 Å². The average molecular weight is 385 g/mol. The average Bonchev–Trinajstić information content (AvgIpc) is 2.56. The van der Waals surface area contributed by atoms with Gasteiger partial charge in [0.15, 0.2) is 5.11 Å². The van der Waals surface area contributed by atoms with Gasteiger partial charge in [0, 0.05) is 5.69 Å². The number of aryl methyl sites for hydroxylation is 1. The van der Waals surface area contributed by atoms with Gasteiger partial charge in [0.25, 0.3) is 0 Å². The van der Waals surface area contributed by atoms with Crippen LogP contribution in [0.3, 0.4) is 0 Å². The lowest BCUT2D eigenvalue weighted by Crippen LogP contribution is -2.34. The Kier molecular flexibility index (Phi) is 5.20. The molecule has 1 atom stereocenters. The number of rotatable bonds is 2. The summed E-state index contributed by atoms with van der Waals surface area (Å²) in [5.41, 5.74) is 1.83. The molecule has 0 radical (unpaired) electrons. The van der Waals surface area contributed by atoms with Crippen molar-refractivity contribution >= 4 is 34.6 Å². The van der Waals surface area contributed by atoms with Crippen LogP contribution in [0.2, 0.25) is 5.02 Å². The molecule has 2 aromatic rings. The fraction of sp³-hybridized carbons (Fsp3) is 0.278. The van der Waals surface area contributed by atoms with E-state index >= 15 is 0 Å². The number of anilines is 1. The highest BCUT2D eigenvalue weighted by Crippen LogP contribution is 2.36. The zero-order valence-corrected chi connectivity index (χ0v) is 14.7. The molecule has 0 fully saturated rings. The molecule has 1 aliphatic rings. The van der Waals surface area contributed by atoms with Crippen molar-refractivity contribution in [3.8, 4) is 0 Å². The highest BCUT2D eigenvalue weighted by molar-refractivity contribution is 7.80. The standard InChI is InChI=1S/C18H16ClF3N2S/c19-15-9-8-12(10-14(15)18(20,21)22)23-17(25)24-16-7-3-5-11-4-1-2-6-13(11)16/h1-2,4,6,8-10,16H,3,5,7H2,(H2,23,24,25)/t16-/m0/s1. The van der Waals surface area contributed by atoms with Crippen molar-refractivity contribution in [3.63, 3.8) is 0 Å². The summed E-state index contributed by atoms with van der Waals surface area (Å²) in [7, 11) is 0. The number of benzene rings is 2. The van der Waals surface area contributed by atoms with E-state index in [9.17, 15) is 13.2 Å². The Labute approximate surface area is 154 Å². The summed E-state index contributed by atoms with van der Waals surface area (Å²) >= 11 is 10.9. The molecule has 0 aliphatic heterocycles. The first-order valence-electron chi connectivity index (χ1n) is 7.86. The summed E-state index contributed by atoms with van der Waals surface area (Å²) < 4.78 is 38.8. The maximum Gasteiger partial charge on any atom is 0.417 e. The van der Waals surface area contributed by atoms with Crippen LogP contribution in [-0.4, -0.2) is 5.11 Å². The Morgan fingerprint density at radius 2 is 1.92 bits per heavy atom. The summed E-state index contributed by atoms with van der Waals surface area (Å²) in [5, 5.41) is 5.98. The number of fused-ring (bicyclic) bond motifs is 1. The van der Waals surface area contributed by atoms with Gasteiger partial charge in [-0.15, -0.1) is 0 Å². The molecule has 1 aliphatic carbocycles. The SMILES string of the molecule is FC(F)(F)c1cc(NC(=S)N[C@H]2CCCc3ccccc32)ccc1Cl. The van der Waals surface area contributed by atoms with Crippen LogP contribution < -0.4 is 10.6 Å². The van der Waals surface area contributed by atoms with Gasteiger partial charge in [-0.3, -0.25) is 0 Å². The number of nitrogens with one attached hydrogen (secondary N) is 2. The van der Waals surface area contributed by atoms with Crippen molar-refractivity contribution in [3.05, 3.63) is 64.2 Å². The zero-order valence-electron chi connectivity index (χ0n) is 13.2. The van der Waals surface area contributed by atoms with E-state index in [1.165, 1.54) is 23.3 Å². The molecule has 3 rings (SSSR count).